The van der Waals surface area contributed by atoms with Crippen LogP contribution in [0.2, 0.25) is 0 Å². The number of hydrogen-bond acceptors (Lipinski definition) is 8. The molecule has 3 N–H and O–H groups in total. The van der Waals surface area contributed by atoms with Gasteiger partial charge in [-0.1, -0.05) is 302 Å². The fraction of sp³-hybridized carbons (Fsp3) is 0.935. The van der Waals surface area contributed by atoms with E-state index in [1.807, 2.05) is 0 Å². The summed E-state index contributed by atoms with van der Waals surface area (Å²) in [5.74, 6) is -0.818. The van der Waals surface area contributed by atoms with Crippen LogP contribution in [0.15, 0.2) is 12.2 Å². The van der Waals surface area contributed by atoms with Crippen LogP contribution < -0.4 is 5.73 Å². The van der Waals surface area contributed by atoms with Gasteiger partial charge in [0.15, 0.2) is 6.10 Å². The Morgan fingerprint density at radius 2 is 0.681 bits per heavy atom. The van der Waals surface area contributed by atoms with E-state index in [1.54, 1.807) is 0 Å². The molecule has 0 amide bonds. The molecule has 0 heterocycles. The summed E-state index contributed by atoms with van der Waals surface area (Å²) in [5.41, 5.74) is 5.38. The van der Waals surface area contributed by atoms with Crippen molar-refractivity contribution < 1.29 is 37.6 Å². The van der Waals surface area contributed by atoms with Crippen molar-refractivity contribution in [3.8, 4) is 0 Å². The molecular weight excluding hydrogens is 918 g/mol. The van der Waals surface area contributed by atoms with E-state index in [2.05, 4.69) is 26.0 Å². The van der Waals surface area contributed by atoms with Crippen molar-refractivity contribution >= 4 is 19.8 Å². The van der Waals surface area contributed by atoms with Gasteiger partial charge >= 0.3 is 19.8 Å². The lowest BCUT2D eigenvalue weighted by atomic mass is 10.0. The SMILES string of the molecule is CCCCCCCCC/C=C\CCCCCCCC(=O)OC(COC(=O)CCCCCCCCCCCCCCCCCCCCCCCCCCCCCCCCCCCCC)COP(=O)(O)OCCN. The zero-order chi connectivity index (χ0) is 52.4. The minimum Gasteiger partial charge on any atom is -0.462 e. The third kappa shape index (κ3) is 58.0. The molecule has 0 spiro atoms. The Labute approximate surface area is 447 Å². The van der Waals surface area contributed by atoms with Crippen LogP contribution in [0.5, 0.6) is 0 Å². The van der Waals surface area contributed by atoms with E-state index in [4.69, 9.17) is 24.3 Å². The largest absolute Gasteiger partial charge is 0.472 e. The highest BCUT2D eigenvalue weighted by Gasteiger charge is 2.26. The van der Waals surface area contributed by atoms with Crippen LogP contribution in [-0.2, 0) is 32.7 Å². The first-order valence-corrected chi connectivity index (χ1v) is 33.2. The summed E-state index contributed by atoms with van der Waals surface area (Å²) < 4.78 is 33.0. The number of rotatable bonds is 61. The average Bonchev–Trinajstić information content (AvgIpc) is 3.37. The van der Waals surface area contributed by atoms with Gasteiger partial charge in [0.05, 0.1) is 13.2 Å². The molecule has 428 valence electrons. The average molecular weight is 1040 g/mol. The molecule has 72 heavy (non-hydrogen) atoms. The number of unbranched alkanes of at least 4 members (excludes halogenated alkanes) is 46. The summed E-state index contributed by atoms with van der Waals surface area (Å²) in [6, 6.07) is 0. The van der Waals surface area contributed by atoms with Gasteiger partial charge in [-0.25, -0.2) is 4.57 Å². The Kier molecular flexibility index (Phi) is 58.0. The van der Waals surface area contributed by atoms with Crippen molar-refractivity contribution in [1.82, 2.24) is 0 Å². The third-order valence-corrected chi connectivity index (χ3v) is 15.4. The smallest absolute Gasteiger partial charge is 0.462 e. The maximum Gasteiger partial charge on any atom is 0.472 e. The Morgan fingerprint density at radius 3 is 0.986 bits per heavy atom. The lowest BCUT2D eigenvalue weighted by Gasteiger charge is -2.19. The van der Waals surface area contributed by atoms with Gasteiger partial charge in [-0.3, -0.25) is 18.6 Å². The van der Waals surface area contributed by atoms with Gasteiger partial charge in [0.1, 0.15) is 6.61 Å². The Balaban J connectivity index is 3.76. The molecule has 0 aliphatic heterocycles. The van der Waals surface area contributed by atoms with Crippen LogP contribution >= 0.6 is 7.82 Å². The lowest BCUT2D eigenvalue weighted by Crippen LogP contribution is -2.29. The molecule has 0 radical (unpaired) electrons. The van der Waals surface area contributed by atoms with Crippen LogP contribution in [0.1, 0.15) is 341 Å². The van der Waals surface area contributed by atoms with Gasteiger partial charge in [-0.2, -0.15) is 0 Å². The summed E-state index contributed by atoms with van der Waals surface area (Å²) in [7, 11) is -4.38. The molecule has 0 rings (SSSR count). The van der Waals surface area contributed by atoms with Crippen LogP contribution in [0, 0.1) is 0 Å². The van der Waals surface area contributed by atoms with E-state index in [1.165, 1.54) is 257 Å². The number of hydrogen-bond donors (Lipinski definition) is 2. The van der Waals surface area contributed by atoms with Crippen molar-refractivity contribution in [3.05, 3.63) is 12.2 Å². The predicted molar refractivity (Wildman–Crippen MR) is 308 cm³/mol. The van der Waals surface area contributed by atoms with Gasteiger partial charge in [0.2, 0.25) is 0 Å². The van der Waals surface area contributed by atoms with Crippen LogP contribution in [0.4, 0.5) is 0 Å². The van der Waals surface area contributed by atoms with Crippen molar-refractivity contribution in [3.63, 3.8) is 0 Å². The van der Waals surface area contributed by atoms with Crippen LogP contribution in [0.25, 0.3) is 0 Å². The molecule has 0 aromatic rings. The second-order valence-corrected chi connectivity index (χ2v) is 23.1. The number of esters is 2. The number of ether oxygens (including phenoxy) is 2. The Bertz CT molecular complexity index is 1190. The monoisotopic (exact) mass is 1040 g/mol. The number of carbonyl (C=O) groups excluding carboxylic acids is 2. The van der Waals surface area contributed by atoms with Crippen molar-refractivity contribution in [2.45, 2.75) is 347 Å². The van der Waals surface area contributed by atoms with Crippen molar-refractivity contribution in [1.29, 1.82) is 0 Å². The first-order chi connectivity index (χ1) is 35.3. The van der Waals surface area contributed by atoms with Crippen molar-refractivity contribution in [2.24, 2.45) is 5.73 Å². The number of phosphoric ester groups is 1. The molecule has 0 saturated heterocycles. The number of phosphoric acid groups is 1. The summed E-state index contributed by atoms with van der Waals surface area (Å²) >= 11 is 0. The Hall–Kier alpha value is -1.25. The standard InChI is InChI=1S/C62H122NO8P/c1-3-5-7-9-11-13-15-17-19-21-22-23-24-25-26-27-28-29-30-31-32-33-34-35-36-37-38-39-41-42-44-46-48-50-52-54-61(64)68-58-60(59-70-72(66,67)69-57-56-63)71-62(65)55-53-51-49-47-45-43-40-20-18-16-14-12-10-8-6-4-2/h20,40,60H,3-19,21-39,41-59,63H2,1-2H3,(H,66,67)/b40-20-. The molecule has 0 aromatic heterocycles. The van der Waals surface area contributed by atoms with Gasteiger partial charge < -0.3 is 20.1 Å². The molecular formula is C62H122NO8P. The minimum atomic E-state index is -4.38. The highest BCUT2D eigenvalue weighted by atomic mass is 31.2. The molecule has 0 aliphatic rings. The van der Waals surface area contributed by atoms with E-state index in [0.717, 1.165) is 51.4 Å². The lowest BCUT2D eigenvalue weighted by molar-refractivity contribution is -0.161. The molecule has 0 bridgehead atoms. The fourth-order valence-corrected chi connectivity index (χ4v) is 10.5. The van der Waals surface area contributed by atoms with Crippen LogP contribution in [0.3, 0.4) is 0 Å². The maximum atomic E-state index is 12.7. The van der Waals surface area contributed by atoms with Gasteiger partial charge in [0, 0.05) is 19.4 Å². The summed E-state index contributed by atoms with van der Waals surface area (Å²) in [4.78, 5) is 35.2. The third-order valence-electron chi connectivity index (χ3n) is 14.4. The van der Waals surface area contributed by atoms with Gasteiger partial charge in [-0.05, 0) is 38.5 Å². The van der Waals surface area contributed by atoms with E-state index in [9.17, 15) is 19.0 Å². The van der Waals surface area contributed by atoms with Gasteiger partial charge in [-0.15, -0.1) is 0 Å². The highest BCUT2D eigenvalue weighted by molar-refractivity contribution is 7.47. The summed E-state index contributed by atoms with van der Waals surface area (Å²) in [5, 5.41) is 0. The zero-order valence-corrected chi connectivity index (χ0v) is 48.8. The second kappa shape index (κ2) is 59.0. The van der Waals surface area contributed by atoms with E-state index >= 15 is 0 Å². The van der Waals surface area contributed by atoms with E-state index in [-0.39, 0.29) is 38.6 Å². The van der Waals surface area contributed by atoms with Gasteiger partial charge in [0.25, 0.3) is 0 Å². The summed E-state index contributed by atoms with van der Waals surface area (Å²) in [6.45, 7) is 3.79. The molecule has 0 aromatic carbocycles. The van der Waals surface area contributed by atoms with E-state index in [0.29, 0.717) is 6.42 Å². The van der Waals surface area contributed by atoms with Crippen LogP contribution in [-0.4, -0.2) is 49.3 Å². The first-order valence-electron chi connectivity index (χ1n) is 31.7. The molecule has 9 nitrogen and oxygen atoms in total. The molecule has 0 fully saturated rings. The van der Waals surface area contributed by atoms with E-state index < -0.39 is 26.5 Å². The molecule has 10 heteroatoms. The molecule has 0 saturated carbocycles. The molecule has 2 atom stereocenters. The second-order valence-electron chi connectivity index (χ2n) is 21.6. The predicted octanol–water partition coefficient (Wildman–Crippen LogP) is 20.0. The quantitative estimate of drug-likeness (QED) is 0.0264. The van der Waals surface area contributed by atoms with Crippen molar-refractivity contribution in [2.75, 3.05) is 26.4 Å². The number of nitrogens with two attached hydrogens (primary N) is 1. The fourth-order valence-electron chi connectivity index (χ4n) is 9.69. The molecule has 0 aliphatic carbocycles. The summed E-state index contributed by atoms with van der Waals surface area (Å²) in [6.07, 6.45) is 68.8. The Morgan fingerprint density at radius 1 is 0.403 bits per heavy atom. The normalized spacial score (nSPS) is 13.0. The topological polar surface area (TPSA) is 134 Å². The zero-order valence-electron chi connectivity index (χ0n) is 48.0. The maximum absolute atomic E-state index is 12.7. The molecule has 2 unspecified atom stereocenters. The number of carbonyl (C=O) groups is 2. The first kappa shape index (κ1) is 70.8. The highest BCUT2D eigenvalue weighted by Crippen LogP contribution is 2.43. The number of allylic oxidation sites excluding steroid dienone is 2. The minimum absolute atomic E-state index is 0.0553.